The Morgan fingerprint density at radius 1 is 1.32 bits per heavy atom. The standard InChI is InChI=1S/C21H31N5S.HI/c1-17(2)14-25-12-10-23-20(25)13-24-21(22-3)26-11-9-18(15-26)16-27-19-7-5-4-6-8-19;/h4-8,10,12,17-18H,9,11,13-16H2,1-3H3,(H,22,24);1H. The lowest BCUT2D eigenvalue weighted by atomic mass is 10.2. The van der Waals surface area contributed by atoms with Gasteiger partial charge in [-0.1, -0.05) is 32.0 Å². The highest BCUT2D eigenvalue weighted by Crippen LogP contribution is 2.25. The molecule has 1 aromatic heterocycles. The average molecular weight is 513 g/mol. The second-order valence-electron chi connectivity index (χ2n) is 7.52. The first-order valence-electron chi connectivity index (χ1n) is 9.79. The molecule has 0 amide bonds. The molecule has 1 aliphatic heterocycles. The van der Waals surface area contributed by atoms with Crippen LogP contribution >= 0.6 is 35.7 Å². The van der Waals surface area contributed by atoms with Crippen LogP contribution in [0.25, 0.3) is 0 Å². The van der Waals surface area contributed by atoms with Crippen LogP contribution in [0.3, 0.4) is 0 Å². The highest BCUT2D eigenvalue weighted by molar-refractivity contribution is 14.0. The van der Waals surface area contributed by atoms with E-state index in [2.05, 4.69) is 75.1 Å². The molecule has 28 heavy (non-hydrogen) atoms. The first-order valence-corrected chi connectivity index (χ1v) is 10.8. The predicted molar refractivity (Wildman–Crippen MR) is 130 cm³/mol. The molecule has 154 valence electrons. The predicted octanol–water partition coefficient (Wildman–Crippen LogP) is 4.35. The molecule has 1 saturated heterocycles. The smallest absolute Gasteiger partial charge is 0.194 e. The van der Waals surface area contributed by atoms with Crippen molar-refractivity contribution in [3.8, 4) is 0 Å². The van der Waals surface area contributed by atoms with Gasteiger partial charge in [0.15, 0.2) is 5.96 Å². The summed E-state index contributed by atoms with van der Waals surface area (Å²) < 4.78 is 2.23. The number of aliphatic imine (C=N–C) groups is 1. The fraction of sp³-hybridized carbons (Fsp3) is 0.524. The molecule has 2 heterocycles. The molecule has 7 heteroatoms. The van der Waals surface area contributed by atoms with Gasteiger partial charge in [0.1, 0.15) is 5.82 Å². The van der Waals surface area contributed by atoms with E-state index >= 15 is 0 Å². The number of hydrogen-bond acceptors (Lipinski definition) is 3. The summed E-state index contributed by atoms with van der Waals surface area (Å²) in [6, 6.07) is 10.7. The summed E-state index contributed by atoms with van der Waals surface area (Å²) in [6.07, 6.45) is 5.17. The maximum absolute atomic E-state index is 4.50. The Hall–Kier alpha value is -1.22. The molecule has 5 nitrogen and oxygen atoms in total. The monoisotopic (exact) mass is 513 g/mol. The maximum atomic E-state index is 4.50. The molecule has 0 aliphatic carbocycles. The Morgan fingerprint density at radius 2 is 2.11 bits per heavy atom. The van der Waals surface area contributed by atoms with E-state index in [0.717, 1.165) is 37.2 Å². The van der Waals surface area contributed by atoms with E-state index in [9.17, 15) is 0 Å². The summed E-state index contributed by atoms with van der Waals surface area (Å²) in [6.45, 7) is 8.31. The van der Waals surface area contributed by atoms with Crippen molar-refractivity contribution in [3.63, 3.8) is 0 Å². The zero-order valence-electron chi connectivity index (χ0n) is 17.0. The van der Waals surface area contributed by atoms with Crippen molar-refractivity contribution in [2.45, 2.75) is 38.3 Å². The summed E-state index contributed by atoms with van der Waals surface area (Å²) in [5.74, 6) is 4.54. The number of benzene rings is 1. The Bertz CT molecular complexity index is 731. The first kappa shape index (κ1) is 23.1. The minimum absolute atomic E-state index is 0. The molecular formula is C21H32IN5S. The van der Waals surface area contributed by atoms with E-state index < -0.39 is 0 Å². The van der Waals surface area contributed by atoms with Crippen LogP contribution in [-0.2, 0) is 13.1 Å². The first-order chi connectivity index (χ1) is 13.2. The molecule has 1 fully saturated rings. The number of thioether (sulfide) groups is 1. The van der Waals surface area contributed by atoms with Crippen LogP contribution in [0.4, 0.5) is 0 Å². The number of hydrogen-bond donors (Lipinski definition) is 1. The molecule has 0 saturated carbocycles. The molecule has 0 spiro atoms. The lowest BCUT2D eigenvalue weighted by Crippen LogP contribution is -2.40. The Kier molecular flexibility index (Phi) is 9.64. The second-order valence-corrected chi connectivity index (χ2v) is 8.61. The zero-order valence-corrected chi connectivity index (χ0v) is 20.2. The summed E-state index contributed by atoms with van der Waals surface area (Å²) >= 11 is 1.96. The number of halogens is 1. The summed E-state index contributed by atoms with van der Waals surface area (Å²) in [5.41, 5.74) is 0. The Balaban J connectivity index is 0.00000280. The summed E-state index contributed by atoms with van der Waals surface area (Å²) in [4.78, 5) is 12.7. The van der Waals surface area contributed by atoms with Gasteiger partial charge in [-0.3, -0.25) is 4.99 Å². The molecular weight excluding hydrogens is 481 g/mol. The van der Waals surface area contributed by atoms with Gasteiger partial charge in [0.05, 0.1) is 6.54 Å². The lowest BCUT2D eigenvalue weighted by Gasteiger charge is -2.22. The van der Waals surface area contributed by atoms with Crippen LogP contribution in [0, 0.1) is 11.8 Å². The molecule has 1 unspecified atom stereocenters. The highest BCUT2D eigenvalue weighted by Gasteiger charge is 2.25. The highest BCUT2D eigenvalue weighted by atomic mass is 127. The van der Waals surface area contributed by atoms with E-state index in [4.69, 9.17) is 0 Å². The third-order valence-corrected chi connectivity index (χ3v) is 6.04. The lowest BCUT2D eigenvalue weighted by molar-refractivity contribution is 0.466. The number of aromatic nitrogens is 2. The molecule has 1 aromatic carbocycles. The van der Waals surface area contributed by atoms with Gasteiger partial charge in [-0.25, -0.2) is 4.98 Å². The number of likely N-dealkylation sites (tertiary alicyclic amines) is 1. The van der Waals surface area contributed by atoms with E-state index in [0.29, 0.717) is 18.4 Å². The van der Waals surface area contributed by atoms with Crippen molar-refractivity contribution >= 4 is 41.7 Å². The number of nitrogens with zero attached hydrogens (tertiary/aromatic N) is 4. The van der Waals surface area contributed by atoms with E-state index in [1.54, 1.807) is 0 Å². The molecule has 0 radical (unpaired) electrons. The van der Waals surface area contributed by atoms with Crippen LogP contribution < -0.4 is 5.32 Å². The van der Waals surface area contributed by atoms with Crippen molar-refractivity contribution in [1.82, 2.24) is 19.8 Å². The molecule has 1 N–H and O–H groups in total. The van der Waals surface area contributed by atoms with Crippen LogP contribution in [0.5, 0.6) is 0 Å². The van der Waals surface area contributed by atoms with Gasteiger partial charge in [0.25, 0.3) is 0 Å². The number of imidazole rings is 1. The Morgan fingerprint density at radius 3 is 2.82 bits per heavy atom. The van der Waals surface area contributed by atoms with Gasteiger partial charge in [-0.15, -0.1) is 35.7 Å². The van der Waals surface area contributed by atoms with Crippen molar-refractivity contribution in [1.29, 1.82) is 0 Å². The zero-order chi connectivity index (χ0) is 19.1. The van der Waals surface area contributed by atoms with E-state index in [1.165, 1.54) is 11.3 Å². The van der Waals surface area contributed by atoms with Crippen LogP contribution in [0.15, 0.2) is 52.6 Å². The fourth-order valence-electron chi connectivity index (χ4n) is 3.45. The van der Waals surface area contributed by atoms with E-state index in [1.807, 2.05) is 25.0 Å². The molecule has 1 atom stereocenters. The van der Waals surface area contributed by atoms with Crippen molar-refractivity contribution < 1.29 is 0 Å². The van der Waals surface area contributed by atoms with Gasteiger partial charge < -0.3 is 14.8 Å². The molecule has 2 aromatic rings. The summed E-state index contributed by atoms with van der Waals surface area (Å²) in [5, 5.41) is 3.51. The van der Waals surface area contributed by atoms with Gasteiger partial charge in [-0.2, -0.15) is 0 Å². The normalized spacial score (nSPS) is 17.1. The fourth-order valence-corrected chi connectivity index (χ4v) is 4.50. The van der Waals surface area contributed by atoms with Crippen LogP contribution in [-0.4, -0.2) is 46.3 Å². The van der Waals surface area contributed by atoms with Crippen LogP contribution in [0.1, 0.15) is 26.1 Å². The SMILES string of the molecule is CN=C(NCc1nccn1CC(C)C)N1CCC(CSc2ccccc2)C1.I. The second kappa shape index (κ2) is 11.7. The quantitative estimate of drug-likeness (QED) is 0.259. The number of guanidine groups is 1. The van der Waals surface area contributed by atoms with Crippen molar-refractivity contribution in [2.24, 2.45) is 16.8 Å². The van der Waals surface area contributed by atoms with Crippen LogP contribution in [0.2, 0.25) is 0 Å². The van der Waals surface area contributed by atoms with Gasteiger partial charge in [0, 0.05) is 49.7 Å². The number of nitrogens with one attached hydrogen (secondary N) is 1. The average Bonchev–Trinajstić information content (AvgIpc) is 3.31. The third kappa shape index (κ3) is 6.69. The topological polar surface area (TPSA) is 45.5 Å². The molecule has 1 aliphatic rings. The van der Waals surface area contributed by atoms with Crippen molar-refractivity contribution in [3.05, 3.63) is 48.5 Å². The molecule has 3 rings (SSSR count). The number of rotatable bonds is 7. The van der Waals surface area contributed by atoms with Gasteiger partial charge in [0.2, 0.25) is 0 Å². The Labute approximate surface area is 190 Å². The minimum Gasteiger partial charge on any atom is -0.349 e. The molecule has 0 bridgehead atoms. The minimum atomic E-state index is 0. The maximum Gasteiger partial charge on any atom is 0.194 e. The van der Waals surface area contributed by atoms with Gasteiger partial charge >= 0.3 is 0 Å². The van der Waals surface area contributed by atoms with E-state index in [-0.39, 0.29) is 24.0 Å². The van der Waals surface area contributed by atoms with Crippen molar-refractivity contribution in [2.75, 3.05) is 25.9 Å². The summed E-state index contributed by atoms with van der Waals surface area (Å²) in [7, 11) is 1.87. The van der Waals surface area contributed by atoms with Gasteiger partial charge in [-0.05, 0) is 30.4 Å². The largest absolute Gasteiger partial charge is 0.349 e. The third-order valence-electron chi connectivity index (χ3n) is 4.79.